The van der Waals surface area contributed by atoms with Gasteiger partial charge in [-0.25, -0.2) is 4.68 Å². The van der Waals surface area contributed by atoms with Crippen molar-refractivity contribution in [1.82, 2.24) is 9.78 Å². The molecule has 0 radical (unpaired) electrons. The zero-order valence-corrected chi connectivity index (χ0v) is 11.3. The smallest absolute Gasteiger partial charge is 0.154 e. The number of rotatable bonds is 2. The molecule has 0 spiro atoms. The second kappa shape index (κ2) is 4.27. The topological polar surface area (TPSA) is 43.0 Å². The van der Waals surface area contributed by atoms with Crippen LogP contribution in [-0.4, -0.2) is 16.3 Å². The second-order valence-corrected chi connectivity index (χ2v) is 5.08. The fourth-order valence-corrected chi connectivity index (χ4v) is 2.66. The summed E-state index contributed by atoms with van der Waals surface area (Å²) >= 11 is 0. The van der Waals surface area contributed by atoms with E-state index in [1.54, 1.807) is 6.26 Å². The molecule has 1 aliphatic heterocycles. The number of nitrogens with one attached hydrogen (secondary N) is 1. The Morgan fingerprint density at radius 2 is 2.05 bits per heavy atom. The lowest BCUT2D eigenvalue weighted by molar-refractivity contribution is 0.578. The summed E-state index contributed by atoms with van der Waals surface area (Å²) in [7, 11) is 0. The second-order valence-electron chi connectivity index (χ2n) is 5.08. The minimum atomic E-state index is 0.829. The SMILES string of the molecule is Cc1ccc(-n2nc(-c3ccco3)c3c2NCC3)cc1. The van der Waals surface area contributed by atoms with Gasteiger partial charge in [0.2, 0.25) is 0 Å². The summed E-state index contributed by atoms with van der Waals surface area (Å²) < 4.78 is 7.48. The third-order valence-corrected chi connectivity index (χ3v) is 3.68. The van der Waals surface area contributed by atoms with Crippen LogP contribution >= 0.6 is 0 Å². The van der Waals surface area contributed by atoms with Crippen LogP contribution in [-0.2, 0) is 6.42 Å². The van der Waals surface area contributed by atoms with Gasteiger partial charge in [-0.1, -0.05) is 17.7 Å². The first kappa shape index (κ1) is 11.3. The van der Waals surface area contributed by atoms with Gasteiger partial charge in [-0.3, -0.25) is 0 Å². The lowest BCUT2D eigenvalue weighted by Gasteiger charge is -2.06. The fourth-order valence-electron chi connectivity index (χ4n) is 2.66. The third kappa shape index (κ3) is 1.65. The average molecular weight is 265 g/mol. The summed E-state index contributed by atoms with van der Waals surface area (Å²) in [5.41, 5.74) is 4.49. The van der Waals surface area contributed by atoms with Crippen LogP contribution in [0.3, 0.4) is 0 Å². The molecule has 0 bridgehead atoms. The van der Waals surface area contributed by atoms with E-state index in [4.69, 9.17) is 9.52 Å². The maximum Gasteiger partial charge on any atom is 0.154 e. The van der Waals surface area contributed by atoms with E-state index in [1.807, 2.05) is 16.8 Å². The van der Waals surface area contributed by atoms with Crippen LogP contribution in [0.2, 0.25) is 0 Å². The van der Waals surface area contributed by atoms with Gasteiger partial charge in [0.15, 0.2) is 5.76 Å². The van der Waals surface area contributed by atoms with E-state index < -0.39 is 0 Å². The van der Waals surface area contributed by atoms with Gasteiger partial charge in [-0.05, 0) is 37.6 Å². The van der Waals surface area contributed by atoms with Crippen molar-refractivity contribution in [2.75, 3.05) is 11.9 Å². The van der Waals surface area contributed by atoms with Crippen LogP contribution in [0.25, 0.3) is 17.1 Å². The molecule has 100 valence electrons. The molecule has 0 atom stereocenters. The van der Waals surface area contributed by atoms with E-state index in [0.717, 1.165) is 35.9 Å². The van der Waals surface area contributed by atoms with E-state index in [1.165, 1.54) is 11.1 Å². The highest BCUT2D eigenvalue weighted by Gasteiger charge is 2.24. The molecule has 20 heavy (non-hydrogen) atoms. The predicted octanol–water partition coefficient (Wildman–Crippen LogP) is 3.41. The van der Waals surface area contributed by atoms with E-state index in [0.29, 0.717) is 0 Å². The summed E-state index contributed by atoms with van der Waals surface area (Å²) in [6.45, 7) is 3.04. The first-order valence-corrected chi connectivity index (χ1v) is 6.79. The molecule has 0 saturated carbocycles. The Kier molecular flexibility index (Phi) is 2.42. The number of aromatic nitrogens is 2. The summed E-state index contributed by atoms with van der Waals surface area (Å²) in [4.78, 5) is 0. The lowest BCUT2D eigenvalue weighted by atomic mass is 10.1. The van der Waals surface area contributed by atoms with Gasteiger partial charge >= 0.3 is 0 Å². The monoisotopic (exact) mass is 265 g/mol. The van der Waals surface area contributed by atoms with Gasteiger partial charge < -0.3 is 9.73 Å². The Hall–Kier alpha value is -2.49. The largest absolute Gasteiger partial charge is 0.463 e. The van der Waals surface area contributed by atoms with Crippen molar-refractivity contribution in [3.63, 3.8) is 0 Å². The maximum atomic E-state index is 5.51. The number of hydrogen-bond acceptors (Lipinski definition) is 3. The van der Waals surface area contributed by atoms with Crippen LogP contribution in [0.5, 0.6) is 0 Å². The molecule has 0 fully saturated rings. The van der Waals surface area contributed by atoms with Crippen LogP contribution in [0.15, 0.2) is 47.1 Å². The molecule has 2 aromatic heterocycles. The Morgan fingerprint density at radius 3 is 2.80 bits per heavy atom. The molecule has 0 saturated heterocycles. The summed E-state index contributed by atoms with van der Waals surface area (Å²) in [6, 6.07) is 12.2. The van der Waals surface area contributed by atoms with E-state index >= 15 is 0 Å². The quantitative estimate of drug-likeness (QED) is 0.772. The van der Waals surface area contributed by atoms with Crippen molar-refractivity contribution in [3.8, 4) is 17.1 Å². The number of hydrogen-bond donors (Lipinski definition) is 1. The third-order valence-electron chi connectivity index (χ3n) is 3.68. The van der Waals surface area contributed by atoms with Crippen molar-refractivity contribution in [1.29, 1.82) is 0 Å². The van der Waals surface area contributed by atoms with Crippen LogP contribution < -0.4 is 5.32 Å². The molecule has 4 heteroatoms. The zero-order chi connectivity index (χ0) is 13.5. The molecule has 4 nitrogen and oxygen atoms in total. The summed E-state index contributed by atoms with van der Waals surface area (Å²) in [5.74, 6) is 1.91. The number of benzene rings is 1. The molecule has 3 aromatic rings. The summed E-state index contributed by atoms with van der Waals surface area (Å²) in [6.07, 6.45) is 2.67. The fraction of sp³-hybridized carbons (Fsp3) is 0.188. The molecule has 0 aliphatic carbocycles. The van der Waals surface area contributed by atoms with E-state index in [9.17, 15) is 0 Å². The first-order valence-electron chi connectivity index (χ1n) is 6.79. The van der Waals surface area contributed by atoms with Crippen molar-refractivity contribution in [2.24, 2.45) is 0 Å². The van der Waals surface area contributed by atoms with Gasteiger partial charge in [0.25, 0.3) is 0 Å². The van der Waals surface area contributed by atoms with Crippen molar-refractivity contribution in [3.05, 3.63) is 53.8 Å². The van der Waals surface area contributed by atoms with Crippen LogP contribution in [0.1, 0.15) is 11.1 Å². The highest BCUT2D eigenvalue weighted by Crippen LogP contribution is 2.34. The normalized spacial score (nSPS) is 13.2. The predicted molar refractivity (Wildman–Crippen MR) is 78.2 cm³/mol. The van der Waals surface area contributed by atoms with Gasteiger partial charge in [0.1, 0.15) is 11.5 Å². The Bertz CT molecular complexity index is 739. The van der Waals surface area contributed by atoms with Gasteiger partial charge in [-0.15, -0.1) is 0 Å². The Labute approximate surface area is 117 Å². The summed E-state index contributed by atoms with van der Waals surface area (Å²) in [5, 5.41) is 8.16. The molecule has 0 unspecified atom stereocenters. The van der Waals surface area contributed by atoms with E-state index in [2.05, 4.69) is 36.5 Å². The highest BCUT2D eigenvalue weighted by molar-refractivity contribution is 5.69. The molecular weight excluding hydrogens is 250 g/mol. The molecule has 4 rings (SSSR count). The molecule has 1 aromatic carbocycles. The molecule has 0 amide bonds. The van der Waals surface area contributed by atoms with Gasteiger partial charge in [0, 0.05) is 12.1 Å². The number of nitrogens with zero attached hydrogens (tertiary/aromatic N) is 2. The highest BCUT2D eigenvalue weighted by atomic mass is 16.3. The average Bonchev–Trinajstić information content (AvgIpc) is 3.16. The van der Waals surface area contributed by atoms with Crippen LogP contribution in [0.4, 0.5) is 5.82 Å². The number of aryl methyl sites for hydroxylation is 1. The van der Waals surface area contributed by atoms with Crippen molar-refractivity contribution >= 4 is 5.82 Å². The van der Waals surface area contributed by atoms with Gasteiger partial charge in [0.05, 0.1) is 12.0 Å². The minimum absolute atomic E-state index is 0.829. The number of fused-ring (bicyclic) bond motifs is 1. The Morgan fingerprint density at radius 1 is 1.20 bits per heavy atom. The Balaban J connectivity index is 1.89. The van der Waals surface area contributed by atoms with Crippen LogP contribution in [0, 0.1) is 6.92 Å². The number of anilines is 1. The first-order chi connectivity index (χ1) is 9.83. The van der Waals surface area contributed by atoms with Gasteiger partial charge in [-0.2, -0.15) is 5.10 Å². The molecular formula is C16H15N3O. The molecule has 3 heterocycles. The van der Waals surface area contributed by atoms with Crippen molar-refractivity contribution < 1.29 is 4.42 Å². The lowest BCUT2D eigenvalue weighted by Crippen LogP contribution is -2.04. The zero-order valence-electron chi connectivity index (χ0n) is 11.3. The minimum Gasteiger partial charge on any atom is -0.463 e. The standard InChI is InChI=1S/C16H15N3O/c1-11-4-6-12(7-5-11)19-16-13(8-9-17-16)15(18-19)14-3-2-10-20-14/h2-7,10,17H,8-9H2,1H3. The van der Waals surface area contributed by atoms with E-state index in [-0.39, 0.29) is 0 Å². The number of furan rings is 1. The molecule has 1 N–H and O–H groups in total. The molecule has 1 aliphatic rings. The maximum absolute atomic E-state index is 5.51. The van der Waals surface area contributed by atoms with Crippen molar-refractivity contribution in [2.45, 2.75) is 13.3 Å².